The maximum Gasteiger partial charge on any atom is 0.409 e. The molecule has 0 spiro atoms. The average Bonchev–Trinajstić information content (AvgIpc) is 1.99. The third kappa shape index (κ3) is 4.42. The van der Waals surface area contributed by atoms with E-state index in [0.717, 1.165) is 0 Å². The molecular formula is C10H14N2O3. The maximum atomic E-state index is 10.4. The van der Waals surface area contributed by atoms with Crippen molar-refractivity contribution in [1.82, 2.24) is 4.98 Å². The van der Waals surface area contributed by atoms with Crippen LogP contribution in [0.4, 0.5) is 10.5 Å². The topological polar surface area (TPSA) is 82.5 Å². The molecule has 5 nitrogen and oxygen atoms in total. The normalized spacial score (nSPS) is 11.1. The number of hydrogen-bond acceptors (Lipinski definition) is 3. The molecule has 0 unspecified atom stereocenters. The Kier molecular flexibility index (Phi) is 3.26. The minimum absolute atomic E-state index is 0.377. The van der Waals surface area contributed by atoms with Crippen LogP contribution in [0.1, 0.15) is 19.5 Å². The molecule has 0 radical (unpaired) electrons. The molecule has 0 saturated carbocycles. The Morgan fingerprint density at radius 1 is 1.60 bits per heavy atom. The Bertz CT molecular complexity index is 358. The predicted octanol–water partition coefficient (Wildman–Crippen LogP) is 1.48. The first-order chi connectivity index (χ1) is 6.87. The molecular weight excluding hydrogens is 196 g/mol. The molecule has 0 fully saturated rings. The lowest BCUT2D eigenvalue weighted by Crippen LogP contribution is -2.22. The molecule has 0 aliphatic carbocycles. The number of carboxylic acid groups (broad SMARTS) is 1. The second-order valence-electron chi connectivity index (χ2n) is 3.96. The van der Waals surface area contributed by atoms with Crippen molar-refractivity contribution in [2.45, 2.75) is 25.9 Å². The first kappa shape index (κ1) is 11.5. The molecule has 0 atom stereocenters. The van der Waals surface area contributed by atoms with Gasteiger partial charge in [-0.05, 0) is 26.0 Å². The highest BCUT2D eigenvalue weighted by Crippen LogP contribution is 2.14. The van der Waals surface area contributed by atoms with E-state index >= 15 is 0 Å². The molecule has 0 aliphatic rings. The van der Waals surface area contributed by atoms with Crippen LogP contribution in [0, 0.1) is 0 Å². The van der Waals surface area contributed by atoms with Crippen LogP contribution in [-0.4, -0.2) is 26.9 Å². The largest absolute Gasteiger partial charge is 0.465 e. The number of nitrogens with one attached hydrogen (secondary N) is 1. The van der Waals surface area contributed by atoms with Crippen LogP contribution in [0.3, 0.4) is 0 Å². The Hall–Kier alpha value is -1.62. The molecule has 0 aromatic carbocycles. The fraction of sp³-hybridized carbons (Fsp3) is 0.400. The van der Waals surface area contributed by atoms with E-state index in [1.165, 1.54) is 6.20 Å². The lowest BCUT2D eigenvalue weighted by Gasteiger charge is -2.16. The molecule has 1 aromatic heterocycles. The number of hydrogen-bond donors (Lipinski definition) is 3. The van der Waals surface area contributed by atoms with Gasteiger partial charge in [0.25, 0.3) is 0 Å². The zero-order valence-electron chi connectivity index (χ0n) is 8.69. The molecule has 1 aromatic rings. The van der Waals surface area contributed by atoms with Gasteiger partial charge in [0.2, 0.25) is 0 Å². The molecule has 5 heteroatoms. The van der Waals surface area contributed by atoms with Crippen molar-refractivity contribution in [1.29, 1.82) is 0 Å². The number of aromatic nitrogens is 1. The van der Waals surface area contributed by atoms with Gasteiger partial charge in [-0.3, -0.25) is 10.3 Å². The monoisotopic (exact) mass is 210 g/mol. The summed E-state index contributed by atoms with van der Waals surface area (Å²) in [6.07, 6.45) is 0.768. The quantitative estimate of drug-likeness (QED) is 0.705. The average molecular weight is 210 g/mol. The third-order valence-electron chi connectivity index (χ3n) is 1.68. The fourth-order valence-corrected chi connectivity index (χ4v) is 1.22. The lowest BCUT2D eigenvalue weighted by atomic mass is 10.0. The van der Waals surface area contributed by atoms with Gasteiger partial charge in [-0.25, -0.2) is 4.79 Å². The number of pyridine rings is 1. The predicted molar refractivity (Wildman–Crippen MR) is 55.9 cm³/mol. The fourth-order valence-electron chi connectivity index (χ4n) is 1.22. The molecule has 82 valence electrons. The maximum absolute atomic E-state index is 10.4. The summed E-state index contributed by atoms with van der Waals surface area (Å²) in [5.41, 5.74) is 0.250. The molecule has 0 aliphatic heterocycles. The summed E-state index contributed by atoms with van der Waals surface area (Å²) in [5, 5.41) is 20.3. The zero-order chi connectivity index (χ0) is 11.5. The second-order valence-corrected chi connectivity index (χ2v) is 3.96. The van der Waals surface area contributed by atoms with Crippen LogP contribution in [0.25, 0.3) is 0 Å². The number of anilines is 1. The molecule has 3 N–H and O–H groups in total. The van der Waals surface area contributed by atoms with Crippen molar-refractivity contribution in [3.8, 4) is 0 Å². The summed E-state index contributed by atoms with van der Waals surface area (Å²) in [4.78, 5) is 14.4. The van der Waals surface area contributed by atoms with Crippen LogP contribution in [0.2, 0.25) is 0 Å². The summed E-state index contributed by atoms with van der Waals surface area (Å²) < 4.78 is 0. The number of amides is 1. The third-order valence-corrected chi connectivity index (χ3v) is 1.68. The molecule has 15 heavy (non-hydrogen) atoms. The highest BCUT2D eigenvalue weighted by molar-refractivity contribution is 5.82. The smallest absolute Gasteiger partial charge is 0.409 e. The number of carbonyl (C=O) groups is 1. The van der Waals surface area contributed by atoms with Gasteiger partial charge in [0.1, 0.15) is 0 Å². The van der Waals surface area contributed by atoms with Crippen molar-refractivity contribution in [2.24, 2.45) is 0 Å². The van der Waals surface area contributed by atoms with Crippen LogP contribution in [0.5, 0.6) is 0 Å². The van der Waals surface area contributed by atoms with Crippen molar-refractivity contribution in [2.75, 3.05) is 5.32 Å². The minimum atomic E-state index is -1.12. The van der Waals surface area contributed by atoms with Gasteiger partial charge in [0.15, 0.2) is 0 Å². The van der Waals surface area contributed by atoms with E-state index in [4.69, 9.17) is 5.11 Å². The van der Waals surface area contributed by atoms with E-state index in [1.54, 1.807) is 26.0 Å². The summed E-state index contributed by atoms with van der Waals surface area (Å²) >= 11 is 0. The first-order valence-corrected chi connectivity index (χ1v) is 4.54. The Labute approximate surface area is 87.8 Å². The molecule has 1 heterocycles. The van der Waals surface area contributed by atoms with Gasteiger partial charge in [-0.1, -0.05) is 0 Å². The van der Waals surface area contributed by atoms with Gasteiger partial charge < -0.3 is 10.2 Å². The Morgan fingerprint density at radius 2 is 2.27 bits per heavy atom. The molecule has 1 rings (SSSR count). The van der Waals surface area contributed by atoms with Gasteiger partial charge >= 0.3 is 6.09 Å². The van der Waals surface area contributed by atoms with Gasteiger partial charge in [-0.2, -0.15) is 0 Å². The molecule has 1 amide bonds. The van der Waals surface area contributed by atoms with Gasteiger partial charge in [0, 0.05) is 24.0 Å². The number of aliphatic hydroxyl groups is 1. The van der Waals surface area contributed by atoms with E-state index in [9.17, 15) is 9.90 Å². The van der Waals surface area contributed by atoms with Crippen LogP contribution in [-0.2, 0) is 6.42 Å². The summed E-state index contributed by atoms with van der Waals surface area (Å²) in [7, 11) is 0. The van der Waals surface area contributed by atoms with E-state index in [0.29, 0.717) is 17.8 Å². The Balaban J connectivity index is 2.79. The van der Waals surface area contributed by atoms with E-state index < -0.39 is 11.7 Å². The SMILES string of the molecule is CC(C)(O)Cc1cc(NC(=O)O)ccn1. The van der Waals surface area contributed by atoms with Crippen LogP contribution in [0.15, 0.2) is 18.3 Å². The summed E-state index contributed by atoms with van der Waals surface area (Å²) in [6.45, 7) is 3.35. The van der Waals surface area contributed by atoms with Gasteiger partial charge in [-0.15, -0.1) is 0 Å². The summed E-state index contributed by atoms with van der Waals surface area (Å²) in [5.74, 6) is 0. The van der Waals surface area contributed by atoms with Crippen LogP contribution >= 0.6 is 0 Å². The standard InChI is InChI=1S/C10H14N2O3/c1-10(2,15)6-8-5-7(3-4-11-8)12-9(13)14/h3-5,15H,6H2,1-2H3,(H,11,12)(H,13,14). The van der Waals surface area contributed by atoms with Crippen molar-refractivity contribution in [3.05, 3.63) is 24.0 Å². The summed E-state index contributed by atoms with van der Waals surface area (Å²) in [6, 6.07) is 3.16. The van der Waals surface area contributed by atoms with E-state index in [-0.39, 0.29) is 0 Å². The molecule has 0 saturated heterocycles. The van der Waals surface area contributed by atoms with E-state index in [2.05, 4.69) is 10.3 Å². The number of rotatable bonds is 3. The van der Waals surface area contributed by atoms with Crippen molar-refractivity contribution in [3.63, 3.8) is 0 Å². The van der Waals surface area contributed by atoms with E-state index in [1.807, 2.05) is 0 Å². The van der Waals surface area contributed by atoms with Crippen LogP contribution < -0.4 is 5.32 Å². The van der Waals surface area contributed by atoms with Gasteiger partial charge in [0.05, 0.1) is 5.60 Å². The van der Waals surface area contributed by atoms with Crippen molar-refractivity contribution < 1.29 is 15.0 Å². The van der Waals surface area contributed by atoms with Crippen molar-refractivity contribution >= 4 is 11.8 Å². The second kappa shape index (κ2) is 4.27. The zero-order valence-corrected chi connectivity index (χ0v) is 8.69. The molecule has 0 bridgehead atoms. The number of nitrogens with zero attached hydrogens (tertiary/aromatic N) is 1. The minimum Gasteiger partial charge on any atom is -0.465 e. The highest BCUT2D eigenvalue weighted by atomic mass is 16.4. The first-order valence-electron chi connectivity index (χ1n) is 4.54. The lowest BCUT2D eigenvalue weighted by molar-refractivity contribution is 0.0800. The Morgan fingerprint density at radius 3 is 2.80 bits per heavy atom. The highest BCUT2D eigenvalue weighted by Gasteiger charge is 2.14.